The third-order valence-corrected chi connectivity index (χ3v) is 2.76. The van der Waals surface area contributed by atoms with Gasteiger partial charge in [-0.25, -0.2) is 4.79 Å². The maximum Gasteiger partial charge on any atom is 0.319 e. The predicted octanol–water partition coefficient (Wildman–Crippen LogP) is 2.72. The molecule has 2 N–H and O–H groups in total. The van der Waals surface area contributed by atoms with Gasteiger partial charge in [0.2, 0.25) is 0 Å². The summed E-state index contributed by atoms with van der Waals surface area (Å²) in [4.78, 5) is 22.7. The molecule has 6 heteroatoms. The van der Waals surface area contributed by atoms with E-state index in [0.717, 1.165) is 5.56 Å². The van der Waals surface area contributed by atoms with Crippen LogP contribution in [0.5, 0.6) is 0 Å². The van der Waals surface area contributed by atoms with Gasteiger partial charge in [0.1, 0.15) is 0 Å². The molecule has 1 aromatic carbocycles. The molecule has 1 atom stereocenters. The Balaban J connectivity index is 2.53. The van der Waals surface area contributed by atoms with E-state index in [-0.39, 0.29) is 18.4 Å². The zero-order valence-corrected chi connectivity index (χ0v) is 11.9. The lowest BCUT2D eigenvalue weighted by atomic mass is 10.2. The molecule has 0 aliphatic rings. The van der Waals surface area contributed by atoms with Gasteiger partial charge >= 0.3 is 12.0 Å². The van der Waals surface area contributed by atoms with Crippen LogP contribution in [0.2, 0.25) is 5.02 Å². The lowest BCUT2D eigenvalue weighted by Gasteiger charge is -2.14. The van der Waals surface area contributed by atoms with Gasteiger partial charge in [0.05, 0.1) is 24.2 Å². The van der Waals surface area contributed by atoms with Gasteiger partial charge in [-0.15, -0.1) is 0 Å². The number of nitrogens with one attached hydrogen (secondary N) is 2. The fourth-order valence-corrected chi connectivity index (χ4v) is 1.77. The number of rotatable bonds is 4. The number of aryl methyl sites for hydroxylation is 1. The number of hydrogen-bond donors (Lipinski definition) is 2. The molecule has 0 unspecified atom stereocenters. The highest BCUT2D eigenvalue weighted by Gasteiger charge is 2.12. The number of esters is 1. The molecule has 0 aliphatic carbocycles. The highest BCUT2D eigenvalue weighted by Crippen LogP contribution is 2.22. The first kappa shape index (κ1) is 15.3. The number of hydrogen-bond acceptors (Lipinski definition) is 3. The molecule has 19 heavy (non-hydrogen) atoms. The first-order valence-corrected chi connectivity index (χ1v) is 6.20. The molecule has 0 saturated heterocycles. The number of amides is 2. The number of benzene rings is 1. The topological polar surface area (TPSA) is 67.4 Å². The van der Waals surface area contributed by atoms with Crippen LogP contribution >= 0.6 is 11.6 Å². The summed E-state index contributed by atoms with van der Waals surface area (Å²) in [7, 11) is 1.31. The van der Waals surface area contributed by atoms with Crippen molar-refractivity contribution in [2.75, 3.05) is 12.4 Å². The van der Waals surface area contributed by atoms with Gasteiger partial charge < -0.3 is 15.4 Å². The second-order valence-corrected chi connectivity index (χ2v) is 4.67. The Hall–Kier alpha value is -1.75. The lowest BCUT2D eigenvalue weighted by Crippen LogP contribution is -2.37. The number of methoxy groups -OCH3 is 1. The number of urea groups is 1. The van der Waals surface area contributed by atoms with Crippen LogP contribution in [0, 0.1) is 6.92 Å². The Kier molecular flexibility index (Phi) is 5.63. The second kappa shape index (κ2) is 6.99. The normalized spacial score (nSPS) is 11.6. The zero-order valence-electron chi connectivity index (χ0n) is 11.1. The number of halogens is 1. The first-order chi connectivity index (χ1) is 8.92. The van der Waals surface area contributed by atoms with Crippen molar-refractivity contribution in [2.45, 2.75) is 26.3 Å². The zero-order chi connectivity index (χ0) is 14.4. The van der Waals surface area contributed by atoms with E-state index in [9.17, 15) is 9.59 Å². The minimum absolute atomic E-state index is 0.117. The van der Waals surface area contributed by atoms with Crippen LogP contribution in [0.3, 0.4) is 0 Å². The van der Waals surface area contributed by atoms with E-state index >= 15 is 0 Å². The summed E-state index contributed by atoms with van der Waals surface area (Å²) < 4.78 is 4.52. The van der Waals surface area contributed by atoms with Gasteiger partial charge in [-0.2, -0.15) is 0 Å². The Labute approximate surface area is 117 Å². The molecular weight excluding hydrogens is 268 g/mol. The van der Waals surface area contributed by atoms with E-state index in [1.165, 1.54) is 7.11 Å². The van der Waals surface area contributed by atoms with E-state index in [0.29, 0.717) is 10.7 Å². The molecule has 0 aliphatic heterocycles. The van der Waals surface area contributed by atoms with Crippen molar-refractivity contribution >= 4 is 29.3 Å². The molecule has 0 fully saturated rings. The van der Waals surface area contributed by atoms with Crippen molar-refractivity contribution in [1.82, 2.24) is 5.32 Å². The summed E-state index contributed by atoms with van der Waals surface area (Å²) in [6.07, 6.45) is 0.117. The molecule has 5 nitrogen and oxygen atoms in total. The lowest BCUT2D eigenvalue weighted by molar-refractivity contribution is -0.141. The molecule has 0 bridgehead atoms. The van der Waals surface area contributed by atoms with E-state index in [4.69, 9.17) is 11.6 Å². The molecule has 1 rings (SSSR count). The minimum atomic E-state index is -0.415. The molecule has 0 heterocycles. The molecule has 2 amide bonds. The number of ether oxygens (including phenoxy) is 1. The van der Waals surface area contributed by atoms with Gasteiger partial charge in [0.15, 0.2) is 0 Å². The third-order valence-electron chi connectivity index (χ3n) is 2.45. The van der Waals surface area contributed by atoms with Crippen molar-refractivity contribution in [1.29, 1.82) is 0 Å². The molecule has 0 radical (unpaired) electrons. The van der Waals surface area contributed by atoms with E-state index < -0.39 is 6.03 Å². The quantitative estimate of drug-likeness (QED) is 0.836. The fraction of sp³-hybridized carbons (Fsp3) is 0.385. The molecule has 0 aromatic heterocycles. The highest BCUT2D eigenvalue weighted by atomic mass is 35.5. The highest BCUT2D eigenvalue weighted by molar-refractivity contribution is 6.33. The predicted molar refractivity (Wildman–Crippen MR) is 74.4 cm³/mol. The van der Waals surface area contributed by atoms with Crippen LogP contribution < -0.4 is 10.6 Å². The van der Waals surface area contributed by atoms with Gasteiger partial charge in [0, 0.05) is 6.04 Å². The number of carbonyl (C=O) groups excluding carboxylic acids is 2. The summed E-state index contributed by atoms with van der Waals surface area (Å²) in [6.45, 7) is 3.63. The molecule has 0 saturated carbocycles. The van der Waals surface area contributed by atoms with Crippen molar-refractivity contribution < 1.29 is 14.3 Å². The van der Waals surface area contributed by atoms with Crippen LogP contribution in [0.1, 0.15) is 18.9 Å². The van der Waals surface area contributed by atoms with E-state index in [1.54, 1.807) is 19.1 Å². The fourth-order valence-electron chi connectivity index (χ4n) is 1.49. The van der Waals surface area contributed by atoms with Crippen molar-refractivity contribution in [3.8, 4) is 0 Å². The summed E-state index contributed by atoms with van der Waals surface area (Å²) >= 11 is 6.00. The first-order valence-electron chi connectivity index (χ1n) is 5.83. The van der Waals surface area contributed by atoms with Crippen molar-refractivity contribution in [3.05, 3.63) is 28.8 Å². The Bertz CT molecular complexity index is 477. The second-order valence-electron chi connectivity index (χ2n) is 4.26. The summed E-state index contributed by atoms with van der Waals surface area (Å²) in [5, 5.41) is 5.72. The van der Waals surface area contributed by atoms with Gasteiger partial charge in [0.25, 0.3) is 0 Å². The van der Waals surface area contributed by atoms with Crippen LogP contribution in [0.15, 0.2) is 18.2 Å². The standard InChI is InChI=1S/C13H17ClN2O3/c1-8-4-5-11(10(14)6-8)16-13(18)15-9(2)7-12(17)19-3/h4-6,9H,7H2,1-3H3,(H2,15,16,18)/t9-/m0/s1. The Morgan fingerprint density at radius 3 is 2.68 bits per heavy atom. The third kappa shape index (κ3) is 5.18. The monoisotopic (exact) mass is 284 g/mol. The average Bonchev–Trinajstić information content (AvgIpc) is 2.32. The van der Waals surface area contributed by atoms with E-state index in [1.807, 2.05) is 13.0 Å². The van der Waals surface area contributed by atoms with Crippen LogP contribution in [-0.4, -0.2) is 25.2 Å². The summed E-state index contributed by atoms with van der Waals surface area (Å²) in [5.74, 6) is -0.374. The van der Waals surface area contributed by atoms with E-state index in [2.05, 4.69) is 15.4 Å². The van der Waals surface area contributed by atoms with Crippen molar-refractivity contribution in [2.24, 2.45) is 0 Å². The maximum absolute atomic E-state index is 11.7. The Morgan fingerprint density at radius 2 is 2.11 bits per heavy atom. The van der Waals surface area contributed by atoms with Crippen molar-refractivity contribution in [3.63, 3.8) is 0 Å². The maximum atomic E-state index is 11.7. The smallest absolute Gasteiger partial charge is 0.319 e. The number of anilines is 1. The van der Waals surface area contributed by atoms with Gasteiger partial charge in [-0.05, 0) is 31.5 Å². The summed E-state index contributed by atoms with van der Waals surface area (Å²) in [6, 6.07) is 4.59. The van der Waals surface area contributed by atoms with Crippen LogP contribution in [0.25, 0.3) is 0 Å². The number of carbonyl (C=O) groups is 2. The van der Waals surface area contributed by atoms with Crippen LogP contribution in [-0.2, 0) is 9.53 Å². The summed E-state index contributed by atoms with van der Waals surface area (Å²) in [5.41, 5.74) is 1.53. The molecule has 0 spiro atoms. The molecule has 104 valence electrons. The average molecular weight is 285 g/mol. The van der Waals surface area contributed by atoms with Gasteiger partial charge in [-0.1, -0.05) is 17.7 Å². The minimum Gasteiger partial charge on any atom is -0.469 e. The molecule has 1 aromatic rings. The molecular formula is C13H17ClN2O3. The SMILES string of the molecule is COC(=O)C[C@H](C)NC(=O)Nc1ccc(C)cc1Cl. The Morgan fingerprint density at radius 1 is 1.42 bits per heavy atom. The van der Waals surface area contributed by atoms with Crippen LogP contribution in [0.4, 0.5) is 10.5 Å². The van der Waals surface area contributed by atoms with Gasteiger partial charge in [-0.3, -0.25) is 4.79 Å². The largest absolute Gasteiger partial charge is 0.469 e.